The molecular weight excluding hydrogens is 426 g/mol. The molecule has 1 aliphatic rings. The Labute approximate surface area is 199 Å². The number of aromatic nitrogens is 1. The van der Waals surface area contributed by atoms with Gasteiger partial charge in [-0.3, -0.25) is 4.79 Å². The normalized spacial score (nSPS) is 14.1. The maximum Gasteiger partial charge on any atom is 0.160 e. The van der Waals surface area contributed by atoms with E-state index >= 15 is 0 Å². The number of rotatable bonds is 7. The summed E-state index contributed by atoms with van der Waals surface area (Å²) < 4.78 is 0. The molecule has 33 heavy (non-hydrogen) atoms. The fourth-order valence-corrected chi connectivity index (χ4v) is 4.51. The molecule has 0 N–H and O–H groups in total. The molecule has 162 valence electrons. The fourth-order valence-electron chi connectivity index (χ4n) is 4.34. The van der Waals surface area contributed by atoms with Crippen molar-refractivity contribution >= 4 is 40.4 Å². The highest BCUT2D eigenvalue weighted by molar-refractivity contribution is 6.31. The first kappa shape index (κ1) is 21.4. The zero-order valence-electron chi connectivity index (χ0n) is 18.5. The number of nitrogens with zero attached hydrogens (tertiary/aromatic N) is 1. The molecule has 3 heteroatoms. The summed E-state index contributed by atoms with van der Waals surface area (Å²) in [5.74, 6) is 0.125. The smallest absolute Gasteiger partial charge is 0.160 e. The Balaban J connectivity index is 1.33. The average Bonchev–Trinajstić information content (AvgIpc) is 3.63. The summed E-state index contributed by atoms with van der Waals surface area (Å²) in [6.07, 6.45) is 10.5. The molecule has 0 saturated heterocycles. The van der Waals surface area contributed by atoms with Gasteiger partial charge in [0.05, 0.1) is 11.2 Å². The number of ketones is 1. The second kappa shape index (κ2) is 8.80. The van der Waals surface area contributed by atoms with Gasteiger partial charge in [-0.15, -0.1) is 0 Å². The predicted octanol–water partition coefficient (Wildman–Crippen LogP) is 7.70. The summed E-state index contributed by atoms with van der Waals surface area (Å²) in [5, 5.41) is 1.77. The van der Waals surface area contributed by atoms with Gasteiger partial charge in [-0.25, -0.2) is 4.98 Å². The largest absolute Gasteiger partial charge is 0.295 e. The van der Waals surface area contributed by atoms with E-state index in [0.29, 0.717) is 5.02 Å². The number of benzene rings is 3. The Morgan fingerprint density at radius 2 is 1.76 bits per heavy atom. The second-order valence-electron chi connectivity index (χ2n) is 8.62. The standard InChI is InChI=1S/C30H24ClNO/c1-21(33)28-8-3-2-6-23(28)15-16-30(17-18-30)25-7-4-5-22(19-25)9-13-27-14-11-24-10-12-26(31)20-29(24)32-27/h2-14,17-20H,15-16H2,1H3/b13-9+. The molecule has 0 saturated carbocycles. The molecular formula is C30H24ClNO. The van der Waals surface area contributed by atoms with E-state index in [1.54, 1.807) is 6.92 Å². The van der Waals surface area contributed by atoms with Crippen LogP contribution >= 0.6 is 11.6 Å². The van der Waals surface area contributed by atoms with Crippen LogP contribution in [0.15, 0.2) is 91.0 Å². The van der Waals surface area contributed by atoms with Crippen molar-refractivity contribution < 1.29 is 4.79 Å². The minimum atomic E-state index is -0.0221. The lowest BCUT2D eigenvalue weighted by Crippen LogP contribution is -2.11. The lowest BCUT2D eigenvalue weighted by atomic mass is 9.85. The van der Waals surface area contributed by atoms with Crippen molar-refractivity contribution in [1.29, 1.82) is 0 Å². The third-order valence-corrected chi connectivity index (χ3v) is 6.56. The molecule has 0 spiro atoms. The van der Waals surface area contributed by atoms with Gasteiger partial charge in [0, 0.05) is 21.4 Å². The van der Waals surface area contributed by atoms with Crippen molar-refractivity contribution in [3.63, 3.8) is 0 Å². The van der Waals surface area contributed by atoms with Gasteiger partial charge in [0.2, 0.25) is 0 Å². The van der Waals surface area contributed by atoms with Crippen LogP contribution in [0.5, 0.6) is 0 Å². The van der Waals surface area contributed by atoms with E-state index in [0.717, 1.165) is 46.1 Å². The Kier molecular flexibility index (Phi) is 5.70. The zero-order chi connectivity index (χ0) is 22.8. The van der Waals surface area contributed by atoms with Gasteiger partial charge < -0.3 is 0 Å². The number of hydrogen-bond acceptors (Lipinski definition) is 2. The number of Topliss-reactive ketones (excluding diaryl/α,β-unsaturated/α-hetero) is 1. The minimum absolute atomic E-state index is 0.0221. The number of hydrogen-bond donors (Lipinski definition) is 0. The molecule has 0 radical (unpaired) electrons. The van der Waals surface area contributed by atoms with Crippen LogP contribution in [0.2, 0.25) is 5.02 Å². The van der Waals surface area contributed by atoms with Crippen LogP contribution < -0.4 is 0 Å². The molecule has 0 bridgehead atoms. The SMILES string of the molecule is CC(=O)c1ccccc1CCC1(c2cccc(/C=C/c3ccc4ccc(Cl)cc4n3)c2)C=C1. The Bertz CT molecular complexity index is 1410. The maximum atomic E-state index is 12.0. The number of fused-ring (bicyclic) bond motifs is 1. The highest BCUT2D eigenvalue weighted by Gasteiger charge is 2.35. The van der Waals surface area contributed by atoms with Gasteiger partial charge in [-0.1, -0.05) is 90.5 Å². The molecule has 4 aromatic rings. The number of allylic oxidation sites excluding steroid dienone is 2. The van der Waals surface area contributed by atoms with E-state index in [1.165, 1.54) is 5.56 Å². The fraction of sp³-hybridized carbons (Fsp3) is 0.133. The molecule has 0 fully saturated rings. The number of aryl methyl sites for hydroxylation is 1. The van der Waals surface area contributed by atoms with Crippen molar-refractivity contribution in [3.8, 4) is 0 Å². The Morgan fingerprint density at radius 1 is 0.939 bits per heavy atom. The van der Waals surface area contributed by atoms with Crippen molar-refractivity contribution in [2.45, 2.75) is 25.2 Å². The average molecular weight is 450 g/mol. The van der Waals surface area contributed by atoms with Crippen LogP contribution in [0.3, 0.4) is 0 Å². The lowest BCUT2D eigenvalue weighted by molar-refractivity contribution is 0.101. The summed E-state index contributed by atoms with van der Waals surface area (Å²) in [5.41, 5.74) is 6.14. The summed E-state index contributed by atoms with van der Waals surface area (Å²) in [6, 6.07) is 26.4. The van der Waals surface area contributed by atoms with Gasteiger partial charge in [0.1, 0.15) is 0 Å². The molecule has 3 aromatic carbocycles. The van der Waals surface area contributed by atoms with Gasteiger partial charge >= 0.3 is 0 Å². The molecule has 5 rings (SSSR count). The summed E-state index contributed by atoms with van der Waals surface area (Å²) in [6.45, 7) is 1.64. The summed E-state index contributed by atoms with van der Waals surface area (Å²) >= 11 is 6.12. The Hall–Kier alpha value is -3.49. The van der Waals surface area contributed by atoms with Crippen LogP contribution in [0, 0.1) is 0 Å². The summed E-state index contributed by atoms with van der Waals surface area (Å²) in [4.78, 5) is 16.7. The van der Waals surface area contributed by atoms with Gasteiger partial charge in [0.25, 0.3) is 0 Å². The van der Waals surface area contributed by atoms with Crippen molar-refractivity contribution in [2.24, 2.45) is 0 Å². The van der Waals surface area contributed by atoms with Gasteiger partial charge in [-0.2, -0.15) is 0 Å². The van der Waals surface area contributed by atoms with E-state index < -0.39 is 0 Å². The van der Waals surface area contributed by atoms with Crippen LogP contribution in [0.25, 0.3) is 23.1 Å². The quantitative estimate of drug-likeness (QED) is 0.213. The monoisotopic (exact) mass is 449 g/mol. The number of pyridine rings is 1. The highest BCUT2D eigenvalue weighted by Crippen LogP contribution is 2.43. The maximum absolute atomic E-state index is 12.0. The van der Waals surface area contributed by atoms with E-state index in [-0.39, 0.29) is 11.2 Å². The zero-order valence-corrected chi connectivity index (χ0v) is 19.2. The van der Waals surface area contributed by atoms with Gasteiger partial charge in [0.15, 0.2) is 5.78 Å². The highest BCUT2D eigenvalue weighted by atomic mass is 35.5. The third-order valence-electron chi connectivity index (χ3n) is 6.32. The van der Waals surface area contributed by atoms with Gasteiger partial charge in [-0.05, 0) is 60.7 Å². The molecule has 0 aliphatic heterocycles. The molecule has 1 heterocycles. The van der Waals surface area contributed by atoms with E-state index in [2.05, 4.69) is 54.6 Å². The predicted molar refractivity (Wildman–Crippen MR) is 138 cm³/mol. The second-order valence-corrected chi connectivity index (χ2v) is 9.06. The molecule has 0 unspecified atom stereocenters. The Morgan fingerprint density at radius 3 is 2.58 bits per heavy atom. The van der Waals surface area contributed by atoms with E-state index in [1.807, 2.05) is 48.5 Å². The van der Waals surface area contributed by atoms with E-state index in [9.17, 15) is 4.79 Å². The van der Waals surface area contributed by atoms with Crippen LogP contribution in [-0.4, -0.2) is 10.8 Å². The lowest BCUT2D eigenvalue weighted by Gasteiger charge is -2.18. The number of carbonyl (C=O) groups is 1. The summed E-state index contributed by atoms with van der Waals surface area (Å²) in [7, 11) is 0. The topological polar surface area (TPSA) is 30.0 Å². The van der Waals surface area contributed by atoms with Crippen LogP contribution in [0.1, 0.15) is 46.1 Å². The molecule has 2 nitrogen and oxygen atoms in total. The molecule has 0 atom stereocenters. The number of halogens is 1. The first-order chi connectivity index (χ1) is 16.0. The first-order valence-corrected chi connectivity index (χ1v) is 11.5. The number of carbonyl (C=O) groups excluding carboxylic acids is 1. The molecule has 1 aliphatic carbocycles. The van der Waals surface area contributed by atoms with Crippen LogP contribution in [-0.2, 0) is 11.8 Å². The molecule has 1 aromatic heterocycles. The van der Waals surface area contributed by atoms with Crippen molar-refractivity contribution in [2.75, 3.05) is 0 Å². The minimum Gasteiger partial charge on any atom is -0.295 e. The van der Waals surface area contributed by atoms with Crippen LogP contribution in [0.4, 0.5) is 0 Å². The third kappa shape index (κ3) is 4.67. The van der Waals surface area contributed by atoms with E-state index in [4.69, 9.17) is 16.6 Å². The molecule has 0 amide bonds. The first-order valence-electron chi connectivity index (χ1n) is 11.2. The van der Waals surface area contributed by atoms with Crippen molar-refractivity contribution in [1.82, 2.24) is 4.98 Å². The van der Waals surface area contributed by atoms with Crippen molar-refractivity contribution in [3.05, 3.63) is 124 Å².